The summed E-state index contributed by atoms with van der Waals surface area (Å²) in [4.78, 5) is 33.2. The average Bonchev–Trinajstić information content (AvgIpc) is 4.16. The Labute approximate surface area is 497 Å². The number of para-hydroxylation sites is 2. The van der Waals surface area contributed by atoms with Crippen molar-refractivity contribution in [1.29, 1.82) is 0 Å². The first-order valence-corrected chi connectivity index (χ1v) is 28.5. The van der Waals surface area contributed by atoms with Crippen LogP contribution in [0.1, 0.15) is 51.7 Å². The number of carboxylic acid groups (broad SMARTS) is 1. The van der Waals surface area contributed by atoms with E-state index in [2.05, 4.69) is 0 Å². The van der Waals surface area contributed by atoms with Crippen molar-refractivity contribution in [3.8, 4) is 33.8 Å². The molecule has 6 N–H and O–H groups in total. The van der Waals surface area contributed by atoms with Crippen molar-refractivity contribution < 1.29 is 80.8 Å². The number of carbonyl (C=O) groups is 2. The van der Waals surface area contributed by atoms with Crippen LogP contribution in [0.5, 0.6) is 11.5 Å². The number of pyridine rings is 2. The predicted molar refractivity (Wildman–Crippen MR) is 309 cm³/mol. The number of hydrogen-bond donors (Lipinski definition) is 3. The zero-order valence-corrected chi connectivity index (χ0v) is 49.2. The second kappa shape index (κ2) is 27.2. The van der Waals surface area contributed by atoms with E-state index in [1.165, 1.54) is 20.3 Å². The minimum atomic E-state index is -3.93. The van der Waals surface area contributed by atoms with Gasteiger partial charge in [0.15, 0.2) is 11.3 Å². The number of carbonyl (C=O) groups excluding carboxylic acids is 1. The molecule has 0 radical (unpaired) electrons. The van der Waals surface area contributed by atoms with Gasteiger partial charge in [0, 0.05) is 47.4 Å². The van der Waals surface area contributed by atoms with E-state index in [0.717, 1.165) is 44.5 Å². The first kappa shape index (κ1) is 61.6. The molecule has 4 heterocycles. The van der Waals surface area contributed by atoms with Gasteiger partial charge in [-0.1, -0.05) is 108 Å². The van der Waals surface area contributed by atoms with E-state index in [0.29, 0.717) is 70.1 Å². The predicted octanol–water partition coefficient (Wildman–Crippen LogP) is 7.13. The standard InChI is InChI=1S/C32H31N3O5S.C30H27N3O5S.Na.H2O/c1-3-39-31(36)18-25-8-4-5-10-30(25)40-21-26-19-29(24-9-6-7-23(17-24)20-33)28-15-16-35(32(28)34-26)41(37,38)27-13-11-22(2)12-14-27;1-20-9-11-25(12-10-20)39(36,37)33-14-13-26-27(22-7-4-5-21(15-22)18-31)17-24(32-30(26)33)19-38-28-8-3-2-6-23(28)16-29(34)35;;/h4-17,19H,3,18,20-21,33H2,1-2H3;2-15,17H,16,18-19,31H2,1H3,(H,34,35);;1H2/q;;+1;/p-1. The van der Waals surface area contributed by atoms with E-state index in [9.17, 15) is 31.5 Å². The number of aliphatic carboxylic acids is 1. The van der Waals surface area contributed by atoms with E-state index in [-0.39, 0.29) is 82.5 Å². The number of fused-ring (bicyclic) bond motifs is 2. The molecule has 10 rings (SSSR count). The largest absolute Gasteiger partial charge is 1.00 e. The Morgan fingerprint density at radius 3 is 1.37 bits per heavy atom. The second-order valence-corrected chi connectivity index (χ2v) is 22.4. The average molecular weight is 1150 g/mol. The van der Waals surface area contributed by atoms with Crippen LogP contribution in [0.2, 0.25) is 0 Å². The molecular formula is C62H59N6NaO11S2. The number of ether oxygens (including phenoxy) is 3. The third-order valence-electron chi connectivity index (χ3n) is 13.1. The first-order chi connectivity index (χ1) is 38.6. The SMILES string of the molecule is CCOC(=O)Cc1ccccc1OCc1cc(-c2cccc(CN)c2)c2ccn(S(=O)(=O)c3ccc(C)cc3)c2n1.Cc1ccc(S(=O)(=O)n2ccc3c(-c4cccc(CN)c4)cc(COc4ccccc4CC(=O)O)nc32)cc1.[Na+].[OH-]. The number of esters is 1. The van der Waals surface area contributed by atoms with E-state index in [1.54, 1.807) is 97.9 Å². The van der Waals surface area contributed by atoms with Crippen molar-refractivity contribution in [2.45, 2.75) is 69.7 Å². The van der Waals surface area contributed by atoms with Gasteiger partial charge >= 0.3 is 41.5 Å². The van der Waals surface area contributed by atoms with Gasteiger partial charge in [-0.3, -0.25) is 9.59 Å². The fraction of sp³-hybridized carbons (Fsp3) is 0.161. The Kier molecular flexibility index (Phi) is 20.4. The quantitative estimate of drug-likeness (QED) is 0.0537. The van der Waals surface area contributed by atoms with Crippen molar-refractivity contribution in [3.05, 3.63) is 227 Å². The fourth-order valence-electron chi connectivity index (χ4n) is 9.08. The molecule has 10 aromatic rings. The van der Waals surface area contributed by atoms with Crippen LogP contribution in [-0.4, -0.2) is 63.9 Å². The van der Waals surface area contributed by atoms with Gasteiger partial charge in [-0.25, -0.2) is 34.7 Å². The maximum absolute atomic E-state index is 13.7. The molecule has 416 valence electrons. The molecule has 0 spiro atoms. The molecule has 82 heavy (non-hydrogen) atoms. The maximum Gasteiger partial charge on any atom is 1.00 e. The number of rotatable bonds is 19. The number of carboxylic acids is 1. The smallest absolute Gasteiger partial charge is 0.870 e. The van der Waals surface area contributed by atoms with Gasteiger partial charge < -0.3 is 36.3 Å². The molecular weight excluding hydrogens is 1090 g/mol. The Hall–Kier alpha value is -7.98. The number of aryl methyl sites for hydroxylation is 2. The van der Waals surface area contributed by atoms with Crippen LogP contribution in [0.15, 0.2) is 192 Å². The molecule has 6 aromatic carbocycles. The van der Waals surface area contributed by atoms with Gasteiger partial charge in [0.05, 0.1) is 40.6 Å². The summed E-state index contributed by atoms with van der Waals surface area (Å²) in [6.45, 7) is 6.65. The zero-order chi connectivity index (χ0) is 56.6. The maximum atomic E-state index is 13.7. The zero-order valence-electron chi connectivity index (χ0n) is 45.6. The van der Waals surface area contributed by atoms with Crippen molar-refractivity contribution in [2.75, 3.05) is 6.61 Å². The van der Waals surface area contributed by atoms with Crippen molar-refractivity contribution in [3.63, 3.8) is 0 Å². The summed E-state index contributed by atoms with van der Waals surface area (Å²) in [6, 6.07) is 50.4. The summed E-state index contributed by atoms with van der Waals surface area (Å²) in [7, 11) is -7.85. The molecule has 0 unspecified atom stereocenters. The number of nitrogens with two attached hydrogens (primary N) is 2. The molecule has 0 fully saturated rings. The molecule has 4 aromatic heterocycles. The van der Waals surface area contributed by atoms with Crippen LogP contribution in [-0.2, 0) is 73.5 Å². The number of hydrogen-bond acceptors (Lipinski definition) is 14. The van der Waals surface area contributed by atoms with Crippen LogP contribution in [0.3, 0.4) is 0 Å². The van der Waals surface area contributed by atoms with Gasteiger partial charge in [0.1, 0.15) is 24.7 Å². The summed E-state index contributed by atoms with van der Waals surface area (Å²) in [5.74, 6) is -0.357. The molecule has 0 aliphatic rings. The summed E-state index contributed by atoms with van der Waals surface area (Å²) in [5.41, 5.74) is 21.7. The number of aromatic nitrogens is 4. The summed E-state index contributed by atoms with van der Waals surface area (Å²) in [6.07, 6.45) is 2.93. The minimum absolute atomic E-state index is 0. The Morgan fingerprint density at radius 1 is 0.549 bits per heavy atom. The van der Waals surface area contributed by atoms with E-state index >= 15 is 0 Å². The Balaban J connectivity index is 0.000000231. The van der Waals surface area contributed by atoms with Crippen LogP contribution in [0.25, 0.3) is 44.3 Å². The molecule has 0 aliphatic carbocycles. The van der Waals surface area contributed by atoms with Crippen LogP contribution >= 0.6 is 0 Å². The molecule has 17 nitrogen and oxygen atoms in total. The fourth-order valence-corrected chi connectivity index (χ4v) is 11.7. The molecule has 0 aliphatic heterocycles. The Morgan fingerprint density at radius 2 is 0.963 bits per heavy atom. The molecule has 0 bridgehead atoms. The minimum Gasteiger partial charge on any atom is -0.870 e. The van der Waals surface area contributed by atoms with Crippen LogP contribution in [0, 0.1) is 13.8 Å². The van der Waals surface area contributed by atoms with E-state index < -0.39 is 26.0 Å². The van der Waals surface area contributed by atoms with Gasteiger partial charge in [-0.05, 0) is 127 Å². The van der Waals surface area contributed by atoms with Crippen molar-refractivity contribution >= 4 is 54.1 Å². The summed E-state index contributed by atoms with van der Waals surface area (Å²) >= 11 is 0. The van der Waals surface area contributed by atoms with Gasteiger partial charge in [0.25, 0.3) is 20.0 Å². The molecule has 0 saturated carbocycles. The number of nitrogens with zero attached hydrogens (tertiary/aromatic N) is 4. The molecule has 0 amide bonds. The van der Waals surface area contributed by atoms with E-state index in [1.807, 2.05) is 92.7 Å². The Bertz CT molecular complexity index is 4130. The normalized spacial score (nSPS) is 11.2. The molecule has 0 saturated heterocycles. The summed E-state index contributed by atoms with van der Waals surface area (Å²) in [5, 5.41) is 10.6. The second-order valence-electron chi connectivity index (χ2n) is 18.8. The van der Waals surface area contributed by atoms with Gasteiger partial charge in [-0.2, -0.15) is 0 Å². The molecule has 0 atom stereocenters. The van der Waals surface area contributed by atoms with Crippen molar-refractivity contribution in [2.24, 2.45) is 11.5 Å². The topological polar surface area (TPSA) is 268 Å². The van der Waals surface area contributed by atoms with Crippen LogP contribution in [0.4, 0.5) is 0 Å². The monoisotopic (exact) mass is 1150 g/mol. The van der Waals surface area contributed by atoms with E-state index in [4.69, 9.17) is 35.6 Å². The van der Waals surface area contributed by atoms with Gasteiger partial charge in [-0.15, -0.1) is 0 Å². The summed E-state index contributed by atoms with van der Waals surface area (Å²) < 4.78 is 74.3. The molecule has 20 heteroatoms. The van der Waals surface area contributed by atoms with Crippen LogP contribution < -0.4 is 50.5 Å². The number of benzene rings is 6. The third-order valence-corrected chi connectivity index (χ3v) is 16.5. The first-order valence-electron chi connectivity index (χ1n) is 25.6. The van der Waals surface area contributed by atoms with Gasteiger partial charge in [0.2, 0.25) is 0 Å². The third kappa shape index (κ3) is 14.0. The van der Waals surface area contributed by atoms with Crippen molar-refractivity contribution in [1.82, 2.24) is 17.9 Å².